The lowest BCUT2D eigenvalue weighted by molar-refractivity contribution is -0.120. The van der Waals surface area contributed by atoms with Crippen molar-refractivity contribution in [3.63, 3.8) is 0 Å². The molecule has 0 bridgehead atoms. The summed E-state index contributed by atoms with van der Waals surface area (Å²) in [5.74, 6) is -1.20. The number of amides is 2. The van der Waals surface area contributed by atoms with Crippen LogP contribution in [0.1, 0.15) is 16.1 Å². The molecule has 2 N–H and O–H groups in total. The quantitative estimate of drug-likeness (QED) is 0.734. The molecule has 0 radical (unpaired) electrons. The van der Waals surface area contributed by atoms with Gasteiger partial charge in [-0.15, -0.1) is 0 Å². The van der Waals surface area contributed by atoms with Gasteiger partial charge in [-0.25, -0.2) is 9.07 Å². The third-order valence-corrected chi connectivity index (χ3v) is 3.37. The summed E-state index contributed by atoms with van der Waals surface area (Å²) in [6.45, 7) is 2.27. The van der Waals surface area contributed by atoms with Gasteiger partial charge in [-0.2, -0.15) is 5.10 Å². The standard InChI is InChI=1S/C16H19FN4O3/c1-11-12(16(23)19-10-15(22)18-7-8-24-2)9-20-21(11)14-6-4-3-5-13(14)17/h3-6,9H,7-8,10H2,1-2H3,(H,18,22)(H,19,23). The number of carbonyl (C=O) groups is 2. The van der Waals surface area contributed by atoms with Crippen LogP contribution in [-0.4, -0.2) is 48.4 Å². The van der Waals surface area contributed by atoms with Gasteiger partial charge < -0.3 is 15.4 Å². The molecule has 7 nitrogen and oxygen atoms in total. The van der Waals surface area contributed by atoms with Crippen molar-refractivity contribution in [2.24, 2.45) is 0 Å². The highest BCUT2D eigenvalue weighted by Crippen LogP contribution is 2.16. The number of para-hydroxylation sites is 1. The van der Waals surface area contributed by atoms with E-state index in [2.05, 4.69) is 15.7 Å². The van der Waals surface area contributed by atoms with E-state index >= 15 is 0 Å². The Hall–Kier alpha value is -2.74. The van der Waals surface area contributed by atoms with Crippen LogP contribution in [0.15, 0.2) is 30.5 Å². The summed E-state index contributed by atoms with van der Waals surface area (Å²) in [7, 11) is 1.53. The zero-order chi connectivity index (χ0) is 17.5. The van der Waals surface area contributed by atoms with Crippen LogP contribution in [0.2, 0.25) is 0 Å². The van der Waals surface area contributed by atoms with E-state index in [-0.39, 0.29) is 23.7 Å². The summed E-state index contributed by atoms with van der Waals surface area (Å²) in [5.41, 5.74) is 1.02. The smallest absolute Gasteiger partial charge is 0.255 e. The van der Waals surface area contributed by atoms with E-state index in [1.807, 2.05) is 0 Å². The van der Waals surface area contributed by atoms with Crippen LogP contribution in [0, 0.1) is 12.7 Å². The van der Waals surface area contributed by atoms with Crippen LogP contribution in [0.3, 0.4) is 0 Å². The third-order valence-electron chi connectivity index (χ3n) is 3.37. The van der Waals surface area contributed by atoms with Crippen LogP contribution in [0.5, 0.6) is 0 Å². The number of nitrogens with one attached hydrogen (secondary N) is 2. The molecule has 2 rings (SSSR count). The topological polar surface area (TPSA) is 85.2 Å². The normalized spacial score (nSPS) is 10.5. The predicted molar refractivity (Wildman–Crippen MR) is 85.5 cm³/mol. The molecule has 0 aliphatic carbocycles. The average molecular weight is 334 g/mol. The van der Waals surface area contributed by atoms with E-state index in [1.54, 1.807) is 25.1 Å². The molecule has 0 aliphatic rings. The summed E-state index contributed by atoms with van der Waals surface area (Å²) in [5, 5.41) is 9.16. The molecule has 0 unspecified atom stereocenters. The minimum atomic E-state index is -0.447. The third kappa shape index (κ3) is 4.17. The Bertz CT molecular complexity index is 730. The molecule has 0 saturated carbocycles. The number of hydrogen-bond acceptors (Lipinski definition) is 4. The number of aromatic nitrogens is 2. The highest BCUT2D eigenvalue weighted by atomic mass is 19.1. The van der Waals surface area contributed by atoms with Crippen LogP contribution in [0.25, 0.3) is 5.69 Å². The molecule has 8 heteroatoms. The second-order valence-corrected chi connectivity index (χ2v) is 5.03. The number of rotatable bonds is 7. The molecular weight excluding hydrogens is 315 g/mol. The molecule has 2 amide bonds. The van der Waals surface area contributed by atoms with Crippen molar-refractivity contribution in [2.75, 3.05) is 26.8 Å². The van der Waals surface area contributed by atoms with Crippen molar-refractivity contribution in [1.82, 2.24) is 20.4 Å². The second kappa shape index (κ2) is 8.21. The minimum Gasteiger partial charge on any atom is -0.383 e. The van der Waals surface area contributed by atoms with Gasteiger partial charge in [-0.05, 0) is 19.1 Å². The Morgan fingerprint density at radius 2 is 2.04 bits per heavy atom. The molecule has 0 spiro atoms. The fourth-order valence-corrected chi connectivity index (χ4v) is 2.11. The van der Waals surface area contributed by atoms with Crippen LogP contribution >= 0.6 is 0 Å². The second-order valence-electron chi connectivity index (χ2n) is 5.03. The summed E-state index contributed by atoms with van der Waals surface area (Å²) in [6.07, 6.45) is 1.35. The number of benzene rings is 1. The molecular formula is C16H19FN4O3. The number of carbonyl (C=O) groups excluding carboxylic acids is 2. The number of methoxy groups -OCH3 is 1. The van der Waals surface area contributed by atoms with E-state index in [0.717, 1.165) is 0 Å². The molecule has 128 valence electrons. The van der Waals surface area contributed by atoms with Crippen LogP contribution in [-0.2, 0) is 9.53 Å². The maximum Gasteiger partial charge on any atom is 0.255 e. The molecule has 2 aromatic rings. The van der Waals surface area contributed by atoms with Gasteiger partial charge in [0.15, 0.2) is 0 Å². The first kappa shape index (κ1) is 17.6. The van der Waals surface area contributed by atoms with Gasteiger partial charge in [0.2, 0.25) is 5.91 Å². The predicted octanol–water partition coefficient (Wildman–Crippen LogP) is 0.812. The molecule has 1 heterocycles. The van der Waals surface area contributed by atoms with Gasteiger partial charge in [0, 0.05) is 13.7 Å². The van der Waals surface area contributed by atoms with Crippen molar-refractivity contribution in [2.45, 2.75) is 6.92 Å². The monoisotopic (exact) mass is 334 g/mol. The Labute approximate surface area is 138 Å². The van der Waals surface area contributed by atoms with Crippen LogP contribution in [0.4, 0.5) is 4.39 Å². The maximum absolute atomic E-state index is 13.8. The van der Waals surface area contributed by atoms with Crippen molar-refractivity contribution < 1.29 is 18.7 Å². The van der Waals surface area contributed by atoms with E-state index < -0.39 is 11.7 Å². The van der Waals surface area contributed by atoms with Gasteiger partial charge in [0.25, 0.3) is 5.91 Å². The molecule has 24 heavy (non-hydrogen) atoms. The van der Waals surface area contributed by atoms with Gasteiger partial charge in [0.1, 0.15) is 11.5 Å². The SMILES string of the molecule is COCCNC(=O)CNC(=O)c1cnn(-c2ccccc2F)c1C. The number of hydrogen-bond donors (Lipinski definition) is 2. The maximum atomic E-state index is 13.8. The summed E-state index contributed by atoms with van der Waals surface area (Å²) < 4.78 is 20.0. The first-order valence-corrected chi connectivity index (χ1v) is 7.38. The van der Waals surface area contributed by atoms with Crippen molar-refractivity contribution in [3.8, 4) is 5.69 Å². The molecule has 0 fully saturated rings. The zero-order valence-electron chi connectivity index (χ0n) is 13.5. The van der Waals surface area contributed by atoms with E-state index in [0.29, 0.717) is 18.8 Å². The Balaban J connectivity index is 2.02. The summed E-state index contributed by atoms with van der Waals surface area (Å²) >= 11 is 0. The van der Waals surface area contributed by atoms with Crippen molar-refractivity contribution in [1.29, 1.82) is 0 Å². The van der Waals surface area contributed by atoms with Crippen LogP contribution < -0.4 is 10.6 Å². The number of ether oxygens (including phenoxy) is 1. The summed E-state index contributed by atoms with van der Waals surface area (Å²) in [6, 6.07) is 6.15. The summed E-state index contributed by atoms with van der Waals surface area (Å²) in [4.78, 5) is 23.7. The minimum absolute atomic E-state index is 0.160. The zero-order valence-corrected chi connectivity index (χ0v) is 13.5. The lowest BCUT2D eigenvalue weighted by Crippen LogP contribution is -2.38. The Kier molecular flexibility index (Phi) is 6.02. The van der Waals surface area contributed by atoms with E-state index in [4.69, 9.17) is 4.74 Å². The molecule has 0 saturated heterocycles. The largest absolute Gasteiger partial charge is 0.383 e. The van der Waals surface area contributed by atoms with Gasteiger partial charge in [0.05, 0.1) is 30.6 Å². The Morgan fingerprint density at radius 1 is 1.29 bits per heavy atom. The lowest BCUT2D eigenvalue weighted by Gasteiger charge is -2.08. The van der Waals surface area contributed by atoms with Gasteiger partial charge in [-0.3, -0.25) is 9.59 Å². The molecule has 0 aliphatic heterocycles. The number of nitrogens with zero attached hydrogens (tertiary/aromatic N) is 2. The first-order valence-electron chi connectivity index (χ1n) is 7.38. The fourth-order valence-electron chi connectivity index (χ4n) is 2.11. The highest BCUT2D eigenvalue weighted by molar-refractivity contribution is 5.97. The van der Waals surface area contributed by atoms with Crippen molar-refractivity contribution in [3.05, 3.63) is 47.5 Å². The molecule has 1 aromatic carbocycles. The van der Waals surface area contributed by atoms with E-state index in [9.17, 15) is 14.0 Å². The Morgan fingerprint density at radius 3 is 2.75 bits per heavy atom. The highest BCUT2D eigenvalue weighted by Gasteiger charge is 2.17. The fraction of sp³-hybridized carbons (Fsp3) is 0.312. The van der Waals surface area contributed by atoms with E-state index in [1.165, 1.54) is 24.1 Å². The van der Waals surface area contributed by atoms with Gasteiger partial charge >= 0.3 is 0 Å². The first-order chi connectivity index (χ1) is 11.5. The molecule has 1 aromatic heterocycles. The molecule has 0 atom stereocenters. The number of halogens is 1. The van der Waals surface area contributed by atoms with Gasteiger partial charge in [-0.1, -0.05) is 12.1 Å². The van der Waals surface area contributed by atoms with Crippen molar-refractivity contribution >= 4 is 11.8 Å². The average Bonchev–Trinajstić information content (AvgIpc) is 2.95. The lowest BCUT2D eigenvalue weighted by atomic mass is 10.2.